The van der Waals surface area contributed by atoms with E-state index in [2.05, 4.69) is 20.9 Å². The zero-order valence-electron chi connectivity index (χ0n) is 17.5. The van der Waals surface area contributed by atoms with E-state index in [4.69, 9.17) is 4.74 Å². The minimum Gasteiger partial charge on any atom is -0.378 e. The van der Waals surface area contributed by atoms with Crippen LogP contribution in [0.25, 0.3) is 5.69 Å². The number of carbonyl (C=O) groups is 4. The molecule has 2 saturated heterocycles. The van der Waals surface area contributed by atoms with Crippen molar-refractivity contribution in [3.05, 3.63) is 41.2 Å². The first-order chi connectivity index (χ1) is 15.4. The lowest BCUT2D eigenvalue weighted by Crippen LogP contribution is -2.54. The largest absolute Gasteiger partial charge is 0.378 e. The van der Waals surface area contributed by atoms with Gasteiger partial charge in [-0.25, -0.2) is 4.68 Å². The Kier molecular flexibility index (Phi) is 4.86. The third kappa shape index (κ3) is 3.12. The Balaban J connectivity index is 1.44. The van der Waals surface area contributed by atoms with Crippen molar-refractivity contribution in [2.75, 3.05) is 19.8 Å². The number of hydrogen-bond donors (Lipinski definition) is 2. The van der Waals surface area contributed by atoms with E-state index in [1.165, 1.54) is 0 Å². The lowest BCUT2D eigenvalue weighted by atomic mass is 9.92. The molecule has 3 aliphatic rings. The lowest BCUT2D eigenvalue weighted by Gasteiger charge is -2.35. The Bertz CT molecular complexity index is 1140. The number of nitrogens with one attached hydrogen (secondary N) is 2. The fourth-order valence-corrected chi connectivity index (χ4v) is 4.44. The monoisotopic (exact) mass is 438 g/mol. The first-order valence-corrected chi connectivity index (χ1v) is 10.5. The second kappa shape index (κ2) is 7.61. The summed E-state index contributed by atoms with van der Waals surface area (Å²) in [6.07, 6.45) is 2.74. The third-order valence-electron chi connectivity index (χ3n) is 6.33. The normalized spacial score (nSPS) is 25.8. The van der Waals surface area contributed by atoms with Crippen LogP contribution in [0, 0.1) is 0 Å². The number of ether oxygens (including phenoxy) is 1. The molecule has 2 aromatic rings. The van der Waals surface area contributed by atoms with Crippen molar-refractivity contribution in [2.45, 2.75) is 37.8 Å². The number of amides is 4. The molecule has 1 aromatic carbocycles. The molecule has 0 radical (unpaired) electrons. The quantitative estimate of drug-likeness (QED) is 0.632. The van der Waals surface area contributed by atoms with E-state index in [0.717, 1.165) is 17.0 Å². The van der Waals surface area contributed by atoms with Crippen molar-refractivity contribution in [3.63, 3.8) is 0 Å². The van der Waals surface area contributed by atoms with Crippen LogP contribution in [0.4, 0.5) is 0 Å². The van der Waals surface area contributed by atoms with Crippen molar-refractivity contribution in [1.82, 2.24) is 30.5 Å². The number of rotatable bonds is 4. The number of aromatic nitrogens is 3. The molecule has 32 heavy (non-hydrogen) atoms. The van der Waals surface area contributed by atoms with Gasteiger partial charge in [0, 0.05) is 13.0 Å². The Labute approximate surface area is 183 Å². The predicted molar refractivity (Wildman–Crippen MR) is 109 cm³/mol. The van der Waals surface area contributed by atoms with Crippen LogP contribution in [0.1, 0.15) is 52.6 Å². The van der Waals surface area contributed by atoms with Gasteiger partial charge < -0.3 is 10.1 Å². The van der Waals surface area contributed by atoms with E-state index in [1.54, 1.807) is 29.1 Å². The lowest BCUT2D eigenvalue weighted by molar-refractivity contribution is -0.136. The van der Waals surface area contributed by atoms with E-state index in [9.17, 15) is 19.2 Å². The summed E-state index contributed by atoms with van der Waals surface area (Å²) in [5.41, 5.74) is 1.28. The molecule has 2 fully saturated rings. The summed E-state index contributed by atoms with van der Waals surface area (Å²) in [4.78, 5) is 50.5. The summed E-state index contributed by atoms with van der Waals surface area (Å²) in [6, 6.07) is 3.81. The van der Waals surface area contributed by atoms with Crippen molar-refractivity contribution in [3.8, 4) is 5.69 Å². The minimum absolute atomic E-state index is 0.0771. The molecule has 0 saturated carbocycles. The fraction of sp³-hybridized carbons (Fsp3) is 0.429. The Morgan fingerprint density at radius 1 is 1.19 bits per heavy atom. The molecular weight excluding hydrogens is 416 g/mol. The van der Waals surface area contributed by atoms with Gasteiger partial charge in [-0.1, -0.05) is 12.1 Å². The third-order valence-corrected chi connectivity index (χ3v) is 6.33. The highest BCUT2D eigenvalue weighted by molar-refractivity contribution is 6.23. The summed E-state index contributed by atoms with van der Waals surface area (Å²) in [6.45, 7) is 3.89. The highest BCUT2D eigenvalue weighted by Gasteiger charge is 2.44. The number of morpholine rings is 1. The highest BCUT2D eigenvalue weighted by atomic mass is 16.5. The average molecular weight is 438 g/mol. The number of nitrogens with zero attached hydrogens (tertiary/aromatic N) is 4. The maximum Gasteiger partial charge on any atom is 0.262 e. The maximum atomic E-state index is 13.0. The van der Waals surface area contributed by atoms with Gasteiger partial charge in [0.15, 0.2) is 0 Å². The second-order valence-electron chi connectivity index (χ2n) is 8.14. The summed E-state index contributed by atoms with van der Waals surface area (Å²) in [5, 5.41) is 14.2. The SMILES string of the molecule is CCC1(c2cn(-c3ccc4c(c3)C(=O)N(C3CCC(=O)NC3=O)C4=O)nn2)COCCN1. The summed E-state index contributed by atoms with van der Waals surface area (Å²) in [7, 11) is 0. The Hall–Kier alpha value is -3.44. The minimum atomic E-state index is -0.997. The Morgan fingerprint density at radius 2 is 2.00 bits per heavy atom. The molecular formula is C21H22N6O5. The molecule has 5 rings (SSSR count). The number of hydrogen-bond acceptors (Lipinski definition) is 8. The molecule has 11 heteroatoms. The predicted octanol–water partition coefficient (Wildman–Crippen LogP) is -0.106. The number of piperidine rings is 1. The van der Waals surface area contributed by atoms with Crippen LogP contribution in [0.5, 0.6) is 0 Å². The van der Waals surface area contributed by atoms with Crippen molar-refractivity contribution >= 4 is 23.6 Å². The van der Waals surface area contributed by atoms with Gasteiger partial charge >= 0.3 is 0 Å². The van der Waals surface area contributed by atoms with Crippen LogP contribution in [0.15, 0.2) is 24.4 Å². The van der Waals surface area contributed by atoms with Gasteiger partial charge in [-0.2, -0.15) is 0 Å². The summed E-state index contributed by atoms with van der Waals surface area (Å²) >= 11 is 0. The average Bonchev–Trinajstić information content (AvgIpc) is 3.39. The molecule has 1 aromatic heterocycles. The number of imide groups is 2. The van der Waals surface area contributed by atoms with E-state index in [0.29, 0.717) is 25.4 Å². The summed E-state index contributed by atoms with van der Waals surface area (Å²) < 4.78 is 7.19. The first-order valence-electron chi connectivity index (χ1n) is 10.5. The zero-order valence-corrected chi connectivity index (χ0v) is 17.5. The smallest absolute Gasteiger partial charge is 0.262 e. The fourth-order valence-electron chi connectivity index (χ4n) is 4.44. The molecule has 0 bridgehead atoms. The van der Waals surface area contributed by atoms with Crippen LogP contribution in [0.3, 0.4) is 0 Å². The first kappa shape index (κ1) is 20.5. The van der Waals surface area contributed by atoms with Crippen LogP contribution in [-0.4, -0.2) is 69.3 Å². The van der Waals surface area contributed by atoms with E-state index >= 15 is 0 Å². The zero-order chi connectivity index (χ0) is 22.5. The van der Waals surface area contributed by atoms with Crippen LogP contribution < -0.4 is 10.6 Å². The molecule has 0 spiro atoms. The van der Waals surface area contributed by atoms with E-state index in [1.807, 2.05) is 6.92 Å². The molecule has 2 unspecified atom stereocenters. The van der Waals surface area contributed by atoms with Gasteiger partial charge in [0.25, 0.3) is 11.8 Å². The molecule has 166 valence electrons. The van der Waals surface area contributed by atoms with Gasteiger partial charge in [-0.05, 0) is 31.0 Å². The van der Waals surface area contributed by atoms with Crippen LogP contribution in [0.2, 0.25) is 0 Å². The number of benzene rings is 1. The maximum absolute atomic E-state index is 13.0. The number of fused-ring (bicyclic) bond motifs is 1. The molecule has 2 N–H and O–H groups in total. The van der Waals surface area contributed by atoms with Gasteiger partial charge in [0.2, 0.25) is 11.8 Å². The number of carbonyl (C=O) groups excluding carboxylic acids is 4. The molecule has 2 atom stereocenters. The topological polar surface area (TPSA) is 136 Å². The molecule has 11 nitrogen and oxygen atoms in total. The highest BCUT2D eigenvalue weighted by Crippen LogP contribution is 2.30. The second-order valence-corrected chi connectivity index (χ2v) is 8.14. The van der Waals surface area contributed by atoms with E-state index in [-0.39, 0.29) is 24.0 Å². The van der Waals surface area contributed by atoms with Crippen LogP contribution in [-0.2, 0) is 19.9 Å². The molecule has 0 aliphatic carbocycles. The van der Waals surface area contributed by atoms with Crippen molar-refractivity contribution in [2.24, 2.45) is 0 Å². The Morgan fingerprint density at radius 3 is 2.72 bits per heavy atom. The molecule has 4 amide bonds. The molecule has 3 aliphatic heterocycles. The van der Waals surface area contributed by atoms with E-state index < -0.39 is 35.2 Å². The van der Waals surface area contributed by atoms with Gasteiger partial charge in [0.1, 0.15) is 11.7 Å². The molecule has 4 heterocycles. The van der Waals surface area contributed by atoms with Gasteiger partial charge in [-0.15, -0.1) is 5.10 Å². The summed E-state index contributed by atoms with van der Waals surface area (Å²) in [5.74, 6) is -2.15. The van der Waals surface area contributed by atoms with Crippen LogP contribution >= 0.6 is 0 Å². The standard InChI is InChI=1S/C21H22N6O5/c1-2-21(11-32-8-7-22-21)16-10-26(25-24-16)12-3-4-13-14(9-12)20(31)27(19(13)30)15-5-6-17(28)23-18(15)29/h3-4,9-10,15,22H,2,5-8,11H2,1H3,(H,23,28,29). The van der Waals surface area contributed by atoms with Crippen molar-refractivity contribution < 1.29 is 23.9 Å². The van der Waals surface area contributed by atoms with Crippen molar-refractivity contribution in [1.29, 1.82) is 0 Å². The van der Waals surface area contributed by atoms with Gasteiger partial charge in [-0.3, -0.25) is 29.4 Å². The van der Waals surface area contributed by atoms with Gasteiger partial charge in [0.05, 0.1) is 41.8 Å².